The average Bonchev–Trinajstić information content (AvgIpc) is 3.06. The minimum absolute atomic E-state index is 0.0293. The Kier molecular flexibility index (Phi) is 12.5. The SMILES string of the molecule is CC(O)COC(C)COCCn1cc[n+](CCOCC(C)OCC(C)O)c1. The van der Waals surface area contributed by atoms with E-state index in [-0.39, 0.29) is 12.2 Å². The number of imidazole rings is 1. The van der Waals surface area contributed by atoms with Crippen molar-refractivity contribution in [2.45, 2.75) is 65.2 Å². The summed E-state index contributed by atoms with van der Waals surface area (Å²) in [7, 11) is 0. The van der Waals surface area contributed by atoms with E-state index in [1.807, 2.05) is 32.6 Å². The van der Waals surface area contributed by atoms with Crippen molar-refractivity contribution >= 4 is 0 Å². The molecule has 1 rings (SSSR count). The van der Waals surface area contributed by atoms with Crippen LogP contribution in [0, 0.1) is 0 Å². The number of hydrogen-bond acceptors (Lipinski definition) is 6. The summed E-state index contributed by atoms with van der Waals surface area (Å²) < 4.78 is 26.2. The molecule has 0 aliphatic carbocycles. The van der Waals surface area contributed by atoms with E-state index in [2.05, 4.69) is 9.13 Å². The van der Waals surface area contributed by atoms with Crippen molar-refractivity contribution < 1.29 is 33.7 Å². The molecule has 0 aliphatic heterocycles. The Balaban J connectivity index is 2.08. The maximum atomic E-state index is 9.18. The van der Waals surface area contributed by atoms with Gasteiger partial charge in [0.25, 0.3) is 0 Å². The third-order valence-corrected chi connectivity index (χ3v) is 3.68. The fourth-order valence-corrected chi connectivity index (χ4v) is 2.25. The lowest BCUT2D eigenvalue weighted by molar-refractivity contribution is -0.698. The molecule has 4 atom stereocenters. The van der Waals surface area contributed by atoms with Crippen molar-refractivity contribution in [3.63, 3.8) is 0 Å². The molecule has 0 saturated heterocycles. The second kappa shape index (κ2) is 14.0. The van der Waals surface area contributed by atoms with Crippen LogP contribution in [-0.2, 0) is 32.0 Å². The van der Waals surface area contributed by atoms with Crippen LogP contribution in [0.15, 0.2) is 18.7 Å². The van der Waals surface area contributed by atoms with Crippen molar-refractivity contribution in [2.24, 2.45) is 0 Å². The summed E-state index contributed by atoms with van der Waals surface area (Å²) >= 11 is 0. The number of nitrogens with zero attached hydrogens (tertiary/aromatic N) is 2. The van der Waals surface area contributed by atoms with E-state index in [9.17, 15) is 10.2 Å². The lowest BCUT2D eigenvalue weighted by Crippen LogP contribution is -2.34. The average molecular weight is 390 g/mol. The van der Waals surface area contributed by atoms with E-state index in [1.165, 1.54) is 0 Å². The molecule has 158 valence electrons. The summed E-state index contributed by atoms with van der Waals surface area (Å²) in [5.74, 6) is 0. The van der Waals surface area contributed by atoms with E-state index in [4.69, 9.17) is 18.9 Å². The largest absolute Gasteiger partial charge is 0.391 e. The van der Waals surface area contributed by atoms with Crippen LogP contribution < -0.4 is 4.57 Å². The highest BCUT2D eigenvalue weighted by atomic mass is 16.5. The van der Waals surface area contributed by atoms with Gasteiger partial charge in [0, 0.05) is 0 Å². The lowest BCUT2D eigenvalue weighted by Gasteiger charge is -2.14. The van der Waals surface area contributed by atoms with Crippen molar-refractivity contribution in [1.29, 1.82) is 0 Å². The highest BCUT2D eigenvalue weighted by Gasteiger charge is 2.08. The summed E-state index contributed by atoms with van der Waals surface area (Å²) in [6.45, 7) is 11.7. The quantitative estimate of drug-likeness (QED) is 0.314. The second-order valence-electron chi connectivity index (χ2n) is 7.03. The third kappa shape index (κ3) is 12.9. The van der Waals surface area contributed by atoms with E-state index < -0.39 is 12.2 Å². The summed E-state index contributed by atoms with van der Waals surface area (Å²) in [6.07, 6.45) is 5.07. The van der Waals surface area contributed by atoms with Crippen LogP contribution in [0.25, 0.3) is 0 Å². The van der Waals surface area contributed by atoms with Crippen LogP contribution in [0.1, 0.15) is 27.7 Å². The van der Waals surface area contributed by atoms with Gasteiger partial charge in [-0.1, -0.05) is 0 Å². The summed E-state index contributed by atoms with van der Waals surface area (Å²) in [5.41, 5.74) is 0. The molecule has 0 bridgehead atoms. The molecule has 8 heteroatoms. The third-order valence-electron chi connectivity index (χ3n) is 3.68. The van der Waals surface area contributed by atoms with E-state index in [1.54, 1.807) is 13.8 Å². The Morgan fingerprint density at radius 3 is 1.96 bits per heavy atom. The number of aliphatic hydroxyl groups is 2. The predicted octanol–water partition coefficient (Wildman–Crippen LogP) is 0.381. The second-order valence-corrected chi connectivity index (χ2v) is 7.03. The Bertz CT molecular complexity index is 440. The molecule has 1 aromatic heterocycles. The minimum atomic E-state index is -0.452. The Morgan fingerprint density at radius 1 is 0.852 bits per heavy atom. The van der Waals surface area contributed by atoms with Crippen LogP contribution >= 0.6 is 0 Å². The number of hydrogen-bond donors (Lipinski definition) is 2. The van der Waals surface area contributed by atoms with Crippen LogP contribution in [0.5, 0.6) is 0 Å². The molecule has 4 unspecified atom stereocenters. The number of aromatic nitrogens is 2. The number of ether oxygens (including phenoxy) is 4. The molecule has 0 spiro atoms. The molecular weight excluding hydrogens is 352 g/mol. The smallest absolute Gasteiger partial charge is 0.243 e. The molecule has 1 heterocycles. The molecule has 0 radical (unpaired) electrons. The summed E-state index contributed by atoms with van der Waals surface area (Å²) in [5, 5.41) is 18.4. The van der Waals surface area contributed by atoms with E-state index in [0.717, 1.165) is 13.1 Å². The van der Waals surface area contributed by atoms with Gasteiger partial charge >= 0.3 is 0 Å². The summed E-state index contributed by atoms with van der Waals surface area (Å²) in [4.78, 5) is 0. The summed E-state index contributed by atoms with van der Waals surface area (Å²) in [6, 6.07) is 0. The van der Waals surface area contributed by atoms with Crippen LogP contribution in [-0.4, -0.2) is 78.8 Å². The molecule has 0 amide bonds. The van der Waals surface area contributed by atoms with Gasteiger partial charge < -0.3 is 29.2 Å². The zero-order chi connectivity index (χ0) is 20.1. The van der Waals surface area contributed by atoms with E-state index in [0.29, 0.717) is 39.6 Å². The molecule has 0 saturated carbocycles. The monoisotopic (exact) mass is 389 g/mol. The molecule has 0 aliphatic rings. The first-order valence-electron chi connectivity index (χ1n) is 9.66. The standard InChI is InChI=1S/C19H37N2O6/c1-16(22)11-26-18(3)13-24-9-7-20-5-6-21(15-20)8-10-25-14-19(4)27-12-17(2)23/h5-6,15-19,22-23H,7-14H2,1-4H3/q+1. The first-order chi connectivity index (χ1) is 12.9. The van der Waals surface area contributed by atoms with E-state index >= 15 is 0 Å². The van der Waals surface area contributed by atoms with Gasteiger partial charge in [0.15, 0.2) is 0 Å². The van der Waals surface area contributed by atoms with Crippen LogP contribution in [0.3, 0.4) is 0 Å². The number of rotatable bonds is 16. The van der Waals surface area contributed by atoms with Gasteiger partial charge in [-0.25, -0.2) is 9.13 Å². The van der Waals surface area contributed by atoms with Crippen molar-refractivity contribution in [3.05, 3.63) is 18.7 Å². The fourth-order valence-electron chi connectivity index (χ4n) is 2.25. The molecule has 27 heavy (non-hydrogen) atoms. The topological polar surface area (TPSA) is 86.2 Å². The Labute approximate surface area is 162 Å². The fraction of sp³-hybridized carbons (Fsp3) is 0.842. The lowest BCUT2D eigenvalue weighted by atomic mass is 10.4. The Hall–Kier alpha value is -1.03. The normalized spacial score (nSPS) is 16.2. The molecule has 2 N–H and O–H groups in total. The molecule has 0 fully saturated rings. The number of aliphatic hydroxyl groups excluding tert-OH is 2. The predicted molar refractivity (Wildman–Crippen MR) is 100 cm³/mol. The highest BCUT2D eigenvalue weighted by Crippen LogP contribution is 1.96. The van der Waals surface area contributed by atoms with Gasteiger partial charge in [0.2, 0.25) is 6.33 Å². The minimum Gasteiger partial charge on any atom is -0.391 e. The molecule has 0 aromatic carbocycles. The van der Waals surface area contributed by atoms with Crippen LogP contribution in [0.2, 0.25) is 0 Å². The van der Waals surface area contributed by atoms with Gasteiger partial charge in [0.1, 0.15) is 25.5 Å². The van der Waals surface area contributed by atoms with Gasteiger partial charge in [0.05, 0.1) is 64.1 Å². The van der Waals surface area contributed by atoms with Crippen molar-refractivity contribution in [3.8, 4) is 0 Å². The highest BCUT2D eigenvalue weighted by molar-refractivity contribution is 4.66. The van der Waals surface area contributed by atoms with Gasteiger partial charge in [-0.2, -0.15) is 0 Å². The van der Waals surface area contributed by atoms with Gasteiger partial charge in [-0.05, 0) is 27.7 Å². The zero-order valence-electron chi connectivity index (χ0n) is 17.1. The van der Waals surface area contributed by atoms with Gasteiger partial charge in [-0.15, -0.1) is 0 Å². The molecule has 1 aromatic rings. The first kappa shape index (κ1) is 24.0. The molecular formula is C19H37N2O6+. The maximum Gasteiger partial charge on any atom is 0.243 e. The molecule has 8 nitrogen and oxygen atoms in total. The Morgan fingerprint density at radius 2 is 1.41 bits per heavy atom. The van der Waals surface area contributed by atoms with Crippen molar-refractivity contribution in [1.82, 2.24) is 4.57 Å². The first-order valence-corrected chi connectivity index (χ1v) is 9.66. The van der Waals surface area contributed by atoms with Crippen LogP contribution in [0.4, 0.5) is 0 Å². The van der Waals surface area contributed by atoms with Gasteiger partial charge in [-0.3, -0.25) is 0 Å². The zero-order valence-corrected chi connectivity index (χ0v) is 17.1. The van der Waals surface area contributed by atoms with Crippen molar-refractivity contribution in [2.75, 3.05) is 39.6 Å². The maximum absolute atomic E-state index is 9.18.